The summed E-state index contributed by atoms with van der Waals surface area (Å²) >= 11 is 0. The number of benzene rings is 1. The van der Waals surface area contributed by atoms with Crippen LogP contribution in [0.15, 0.2) is 30.3 Å². The average molecular weight is 160 g/mol. The van der Waals surface area contributed by atoms with Crippen molar-refractivity contribution < 1.29 is 0 Å². The summed E-state index contributed by atoms with van der Waals surface area (Å²) in [7, 11) is 0. The molecule has 2 heteroatoms. The van der Waals surface area contributed by atoms with Crippen LogP contribution in [0, 0.1) is 6.07 Å². The van der Waals surface area contributed by atoms with Gasteiger partial charge in [0, 0.05) is 0 Å². The van der Waals surface area contributed by atoms with Crippen LogP contribution in [0.3, 0.4) is 0 Å². The van der Waals surface area contributed by atoms with Crippen LogP contribution in [0.1, 0.15) is 13.3 Å². The molecule has 0 aliphatic carbocycles. The first kappa shape index (κ1) is 13.5. The summed E-state index contributed by atoms with van der Waals surface area (Å²) in [6.07, 6.45) is 0.986. The first-order valence-corrected chi connectivity index (χ1v) is 3.47. The summed E-state index contributed by atoms with van der Waals surface area (Å²) in [4.78, 5) is 0. The minimum atomic E-state index is 0. The summed E-state index contributed by atoms with van der Waals surface area (Å²) < 4.78 is 0. The van der Waals surface area contributed by atoms with Gasteiger partial charge < -0.3 is 5.73 Å². The van der Waals surface area contributed by atoms with Crippen LogP contribution in [0.25, 0.3) is 5.73 Å². The zero-order chi connectivity index (χ0) is 7.66. The third-order valence-electron chi connectivity index (χ3n) is 0.857. The van der Waals surface area contributed by atoms with Gasteiger partial charge in [-0.1, -0.05) is 13.3 Å². The maximum atomic E-state index is 6.45. The van der Waals surface area contributed by atoms with Crippen molar-refractivity contribution in [2.45, 2.75) is 13.3 Å². The van der Waals surface area contributed by atoms with Crippen LogP contribution in [-0.4, -0.2) is 29.6 Å². The molecule has 1 nitrogen and oxygen atoms in total. The normalized spacial score (nSPS) is 7.09. The Morgan fingerprint density at radius 1 is 1.18 bits per heavy atom. The molecule has 0 saturated heterocycles. The van der Waals surface area contributed by atoms with E-state index in [0.717, 1.165) is 6.42 Å². The molecule has 1 N–H and O–H groups in total. The van der Waals surface area contributed by atoms with Crippen molar-refractivity contribution in [3.8, 4) is 0 Å². The number of nitrogens with one attached hydrogen (secondary N) is 1. The van der Waals surface area contributed by atoms with E-state index in [2.05, 4.69) is 6.07 Å². The fourth-order valence-corrected chi connectivity index (χ4v) is 0.342. The minimum Gasteiger partial charge on any atom is -0.677 e. The summed E-state index contributed by atoms with van der Waals surface area (Å²) in [6.45, 7) is 2.56. The van der Waals surface area contributed by atoms with E-state index in [-0.39, 0.29) is 23.1 Å². The summed E-state index contributed by atoms with van der Waals surface area (Å²) in [5, 5.41) is 0. The molecule has 0 aliphatic rings. The van der Waals surface area contributed by atoms with E-state index in [1.165, 1.54) is 0 Å². The first-order chi connectivity index (χ1) is 4.91. The van der Waals surface area contributed by atoms with Gasteiger partial charge in [0.15, 0.2) is 0 Å². The molecular weight excluding hydrogens is 146 g/mol. The van der Waals surface area contributed by atoms with Crippen molar-refractivity contribution in [2.75, 3.05) is 6.54 Å². The van der Waals surface area contributed by atoms with Gasteiger partial charge in [0.1, 0.15) is 0 Å². The molecule has 1 aromatic carbocycles. The Bertz CT molecular complexity index is 102. The molecule has 1 aromatic rings. The minimum absolute atomic E-state index is 0. The van der Waals surface area contributed by atoms with E-state index in [1.807, 2.05) is 37.3 Å². The van der Waals surface area contributed by atoms with Crippen LogP contribution in [0.4, 0.5) is 0 Å². The van der Waals surface area contributed by atoms with Gasteiger partial charge in [0.25, 0.3) is 0 Å². The van der Waals surface area contributed by atoms with E-state index in [0.29, 0.717) is 6.54 Å². The third-order valence-corrected chi connectivity index (χ3v) is 0.857. The maximum absolute atomic E-state index is 6.45. The standard InChI is InChI=1S/C6H5.C3H8N.Mg/c1-2-4-6-5-3-1;1-2-3-4;/h1-5H;4H,2-3H2,1H3;/q2*-1;+2. The van der Waals surface area contributed by atoms with Crippen molar-refractivity contribution in [1.29, 1.82) is 0 Å². The van der Waals surface area contributed by atoms with E-state index in [1.54, 1.807) is 0 Å². The zero-order valence-electron chi connectivity index (χ0n) is 7.01. The molecular formula is C9H13MgN. The first-order valence-electron chi connectivity index (χ1n) is 3.47. The number of hydrogen-bond donors (Lipinski definition) is 0. The summed E-state index contributed by atoms with van der Waals surface area (Å²) in [6, 6.07) is 12.5. The van der Waals surface area contributed by atoms with E-state index in [4.69, 9.17) is 5.73 Å². The molecule has 0 heterocycles. The average Bonchev–Trinajstić information content (AvgIpc) is 2.08. The van der Waals surface area contributed by atoms with Crippen LogP contribution >= 0.6 is 0 Å². The van der Waals surface area contributed by atoms with Crippen LogP contribution < -0.4 is 0 Å². The Balaban J connectivity index is 0. The SMILES string of the molecule is CCC[NH-].[Mg+2].[c-]1ccccc1. The van der Waals surface area contributed by atoms with Crippen molar-refractivity contribution in [2.24, 2.45) is 0 Å². The smallest absolute Gasteiger partial charge is 0.677 e. The van der Waals surface area contributed by atoms with Gasteiger partial charge >= 0.3 is 23.1 Å². The molecule has 0 spiro atoms. The Morgan fingerprint density at radius 3 is 1.73 bits per heavy atom. The number of hydrogen-bond acceptors (Lipinski definition) is 0. The number of rotatable bonds is 1. The molecule has 0 radical (unpaired) electrons. The van der Waals surface area contributed by atoms with Gasteiger partial charge in [-0.15, -0.1) is 0 Å². The van der Waals surface area contributed by atoms with Gasteiger partial charge in [-0.2, -0.15) is 42.9 Å². The van der Waals surface area contributed by atoms with E-state index < -0.39 is 0 Å². The third kappa shape index (κ3) is 13.0. The molecule has 56 valence electrons. The second-order valence-electron chi connectivity index (χ2n) is 1.83. The summed E-state index contributed by atoms with van der Waals surface area (Å²) in [5.41, 5.74) is 6.45. The maximum Gasteiger partial charge on any atom is 2.00 e. The molecule has 0 amide bonds. The molecule has 1 rings (SSSR count). The van der Waals surface area contributed by atoms with Crippen molar-refractivity contribution in [3.05, 3.63) is 42.1 Å². The molecule has 0 fully saturated rings. The van der Waals surface area contributed by atoms with Crippen molar-refractivity contribution in [3.63, 3.8) is 0 Å². The van der Waals surface area contributed by atoms with Gasteiger partial charge in [-0.3, -0.25) is 0 Å². The van der Waals surface area contributed by atoms with Crippen molar-refractivity contribution in [1.82, 2.24) is 0 Å². The van der Waals surface area contributed by atoms with Gasteiger partial charge in [-0.25, -0.2) is 0 Å². The quantitative estimate of drug-likeness (QED) is 0.444. The summed E-state index contributed by atoms with van der Waals surface area (Å²) in [5.74, 6) is 0. The predicted molar refractivity (Wildman–Crippen MR) is 50.5 cm³/mol. The Labute approximate surface area is 85.1 Å². The zero-order valence-corrected chi connectivity index (χ0v) is 8.42. The fraction of sp³-hybridized carbons (Fsp3) is 0.333. The molecule has 0 atom stereocenters. The van der Waals surface area contributed by atoms with E-state index >= 15 is 0 Å². The molecule has 0 aromatic heterocycles. The van der Waals surface area contributed by atoms with Crippen LogP contribution in [0.5, 0.6) is 0 Å². The second-order valence-corrected chi connectivity index (χ2v) is 1.83. The molecule has 0 saturated carbocycles. The van der Waals surface area contributed by atoms with Gasteiger partial charge in [0.05, 0.1) is 0 Å². The monoisotopic (exact) mass is 159 g/mol. The molecule has 0 bridgehead atoms. The Kier molecular flexibility index (Phi) is 15.5. The fourth-order valence-electron chi connectivity index (χ4n) is 0.342. The van der Waals surface area contributed by atoms with Crippen LogP contribution in [-0.2, 0) is 0 Å². The Morgan fingerprint density at radius 2 is 1.64 bits per heavy atom. The van der Waals surface area contributed by atoms with Gasteiger partial charge in [0.2, 0.25) is 0 Å². The molecule has 0 aliphatic heterocycles. The second kappa shape index (κ2) is 12.6. The van der Waals surface area contributed by atoms with Crippen molar-refractivity contribution >= 4 is 23.1 Å². The van der Waals surface area contributed by atoms with Crippen LogP contribution in [0.2, 0.25) is 0 Å². The Hall–Kier alpha value is -0.0538. The topological polar surface area (TPSA) is 23.8 Å². The molecule has 0 unspecified atom stereocenters. The predicted octanol–water partition coefficient (Wildman–Crippen LogP) is 2.55. The van der Waals surface area contributed by atoms with E-state index in [9.17, 15) is 0 Å². The van der Waals surface area contributed by atoms with Gasteiger partial charge in [-0.05, 0) is 0 Å². The largest absolute Gasteiger partial charge is 2.00 e. The molecule has 11 heavy (non-hydrogen) atoms.